The average Bonchev–Trinajstić information content (AvgIpc) is 3.15. The van der Waals surface area contributed by atoms with Gasteiger partial charge >= 0.3 is 5.69 Å². The molecule has 0 spiro atoms. The molecule has 0 atom stereocenters. The van der Waals surface area contributed by atoms with Crippen molar-refractivity contribution in [3.05, 3.63) is 68.5 Å². The van der Waals surface area contributed by atoms with Crippen molar-refractivity contribution in [3.63, 3.8) is 0 Å². The number of nitro groups is 1. The molecule has 0 radical (unpaired) electrons. The Morgan fingerprint density at radius 1 is 1.26 bits per heavy atom. The summed E-state index contributed by atoms with van der Waals surface area (Å²) < 4.78 is 5.50. The first-order chi connectivity index (χ1) is 13.1. The number of nitrogens with zero attached hydrogens (tertiary/aromatic N) is 3. The van der Waals surface area contributed by atoms with E-state index >= 15 is 0 Å². The monoisotopic (exact) mass is 400 g/mol. The van der Waals surface area contributed by atoms with Gasteiger partial charge in [0.1, 0.15) is 0 Å². The Labute approximate surface area is 163 Å². The Morgan fingerprint density at radius 3 is 2.85 bits per heavy atom. The largest absolute Gasteiger partial charge is 0.486 e. The lowest BCUT2D eigenvalue weighted by Crippen LogP contribution is -2.18. The normalized spacial score (nSPS) is 14.5. The van der Waals surface area contributed by atoms with Gasteiger partial charge in [-0.1, -0.05) is 29.8 Å². The fourth-order valence-electron chi connectivity index (χ4n) is 2.74. The van der Waals surface area contributed by atoms with Crippen LogP contribution in [0.4, 0.5) is 10.8 Å². The molecule has 27 heavy (non-hydrogen) atoms. The van der Waals surface area contributed by atoms with Gasteiger partial charge in [-0.2, -0.15) is 5.10 Å². The summed E-state index contributed by atoms with van der Waals surface area (Å²) in [6.07, 6.45) is 0.552. The van der Waals surface area contributed by atoms with Crippen LogP contribution in [-0.2, 0) is 0 Å². The number of fused-ring (bicyclic) bond motifs is 1. The van der Waals surface area contributed by atoms with Crippen molar-refractivity contribution in [1.29, 1.82) is 0 Å². The lowest BCUT2D eigenvalue weighted by Gasteiger charge is -2.18. The Bertz CT molecular complexity index is 1030. The number of hydrogen-bond donors (Lipinski definition) is 1. The van der Waals surface area contributed by atoms with Gasteiger partial charge in [-0.3, -0.25) is 15.5 Å². The van der Waals surface area contributed by atoms with E-state index in [1.807, 2.05) is 29.6 Å². The van der Waals surface area contributed by atoms with Crippen LogP contribution in [0.1, 0.15) is 12.0 Å². The van der Waals surface area contributed by atoms with Crippen LogP contribution in [0.25, 0.3) is 11.3 Å². The predicted molar refractivity (Wildman–Crippen MR) is 106 cm³/mol. The van der Waals surface area contributed by atoms with Crippen molar-refractivity contribution >= 4 is 39.5 Å². The molecule has 2 aromatic carbocycles. The predicted octanol–water partition coefficient (Wildman–Crippen LogP) is 4.97. The second-order valence-corrected chi connectivity index (χ2v) is 7.02. The number of nitro benzene ring substituents is 1. The van der Waals surface area contributed by atoms with Crippen molar-refractivity contribution < 1.29 is 9.66 Å². The van der Waals surface area contributed by atoms with Gasteiger partial charge in [0.15, 0.2) is 0 Å². The Morgan fingerprint density at radius 2 is 2.07 bits per heavy atom. The molecule has 7 nitrogen and oxygen atoms in total. The SMILES string of the molecule is O=[N+]([O-])c1cccc2c1OCC/C2=N/Nc1nc(-c2ccc(Cl)cc2)cs1. The van der Waals surface area contributed by atoms with E-state index in [9.17, 15) is 10.1 Å². The number of nitrogens with one attached hydrogen (secondary N) is 1. The van der Waals surface area contributed by atoms with Gasteiger partial charge in [0, 0.05) is 34.0 Å². The number of aromatic nitrogens is 1. The molecular weight excluding hydrogens is 388 g/mol. The topological polar surface area (TPSA) is 89.7 Å². The zero-order valence-corrected chi connectivity index (χ0v) is 15.5. The van der Waals surface area contributed by atoms with Gasteiger partial charge in [-0.05, 0) is 18.2 Å². The minimum Gasteiger partial charge on any atom is -0.486 e. The molecule has 3 aromatic rings. The molecule has 0 saturated heterocycles. The third-order valence-corrected chi connectivity index (χ3v) is 5.02. The van der Waals surface area contributed by atoms with Gasteiger partial charge in [0.05, 0.1) is 22.9 Å². The molecule has 0 aliphatic carbocycles. The van der Waals surface area contributed by atoms with Crippen LogP contribution in [0.15, 0.2) is 52.9 Å². The Hall–Kier alpha value is -2.97. The highest BCUT2D eigenvalue weighted by Crippen LogP contribution is 2.35. The van der Waals surface area contributed by atoms with Gasteiger partial charge in [0.2, 0.25) is 10.9 Å². The number of halogens is 1. The highest BCUT2D eigenvalue weighted by Gasteiger charge is 2.25. The van der Waals surface area contributed by atoms with Gasteiger partial charge in [-0.15, -0.1) is 11.3 Å². The Kier molecular flexibility index (Phi) is 4.74. The van der Waals surface area contributed by atoms with Crippen molar-refractivity contribution in [2.45, 2.75) is 6.42 Å². The van der Waals surface area contributed by atoms with E-state index in [-0.39, 0.29) is 11.4 Å². The smallest absolute Gasteiger partial charge is 0.311 e. The zero-order valence-electron chi connectivity index (χ0n) is 13.9. The van der Waals surface area contributed by atoms with E-state index in [4.69, 9.17) is 16.3 Å². The quantitative estimate of drug-likeness (QED) is 0.493. The van der Waals surface area contributed by atoms with E-state index in [2.05, 4.69) is 15.5 Å². The molecule has 1 aliphatic rings. The lowest BCUT2D eigenvalue weighted by atomic mass is 10.0. The molecule has 0 unspecified atom stereocenters. The number of para-hydroxylation sites is 1. The van der Waals surface area contributed by atoms with Gasteiger partial charge in [0.25, 0.3) is 0 Å². The summed E-state index contributed by atoms with van der Waals surface area (Å²) in [5.74, 6) is 0.260. The molecule has 0 fully saturated rings. The van der Waals surface area contributed by atoms with Crippen molar-refractivity contribution in [2.75, 3.05) is 12.0 Å². The van der Waals surface area contributed by atoms with E-state index in [0.29, 0.717) is 34.5 Å². The average molecular weight is 401 g/mol. The van der Waals surface area contributed by atoms with E-state index < -0.39 is 4.92 Å². The maximum atomic E-state index is 11.2. The third-order valence-electron chi connectivity index (χ3n) is 4.02. The summed E-state index contributed by atoms with van der Waals surface area (Å²) in [5.41, 5.74) is 6.00. The van der Waals surface area contributed by atoms with Crippen molar-refractivity contribution in [3.8, 4) is 17.0 Å². The van der Waals surface area contributed by atoms with Crippen LogP contribution >= 0.6 is 22.9 Å². The summed E-state index contributed by atoms with van der Waals surface area (Å²) in [6, 6.07) is 12.3. The van der Waals surface area contributed by atoms with E-state index in [1.165, 1.54) is 17.4 Å². The van der Waals surface area contributed by atoms with Crippen LogP contribution in [0, 0.1) is 10.1 Å². The summed E-state index contributed by atoms with van der Waals surface area (Å²) in [7, 11) is 0. The highest BCUT2D eigenvalue weighted by molar-refractivity contribution is 7.14. The fraction of sp³-hybridized carbons (Fsp3) is 0.111. The summed E-state index contributed by atoms with van der Waals surface area (Å²) in [6.45, 7) is 0.340. The number of hydrazone groups is 1. The molecule has 4 rings (SSSR count). The first-order valence-electron chi connectivity index (χ1n) is 8.06. The maximum absolute atomic E-state index is 11.2. The van der Waals surface area contributed by atoms with Crippen LogP contribution in [0.5, 0.6) is 5.75 Å². The standard InChI is InChI=1S/C18H13ClN4O3S/c19-12-6-4-11(5-7-12)15-10-27-18(20-15)22-21-14-8-9-26-17-13(14)2-1-3-16(17)23(24)25/h1-7,10H,8-9H2,(H,20,22)/b21-14-. The maximum Gasteiger partial charge on any atom is 0.311 e. The van der Waals surface area contributed by atoms with Crippen molar-refractivity contribution in [2.24, 2.45) is 5.10 Å². The number of benzene rings is 2. The van der Waals surface area contributed by atoms with Crippen LogP contribution in [-0.4, -0.2) is 22.2 Å². The van der Waals surface area contributed by atoms with Gasteiger partial charge in [-0.25, -0.2) is 4.98 Å². The van der Waals surface area contributed by atoms with Crippen LogP contribution in [0.3, 0.4) is 0 Å². The summed E-state index contributed by atoms with van der Waals surface area (Å²) >= 11 is 7.34. The first kappa shape index (κ1) is 17.4. The summed E-state index contributed by atoms with van der Waals surface area (Å²) in [4.78, 5) is 15.2. The molecule has 0 amide bonds. The molecule has 136 valence electrons. The highest BCUT2D eigenvalue weighted by atomic mass is 35.5. The first-order valence-corrected chi connectivity index (χ1v) is 9.32. The van der Waals surface area contributed by atoms with Crippen LogP contribution in [0.2, 0.25) is 5.02 Å². The molecule has 0 saturated carbocycles. The lowest BCUT2D eigenvalue weighted by molar-refractivity contribution is -0.385. The minimum atomic E-state index is -0.450. The van der Waals surface area contributed by atoms with Gasteiger partial charge < -0.3 is 4.74 Å². The third kappa shape index (κ3) is 3.62. The number of anilines is 1. The molecule has 1 N–H and O–H groups in total. The minimum absolute atomic E-state index is 0.0563. The number of hydrogen-bond acceptors (Lipinski definition) is 7. The second kappa shape index (κ2) is 7.34. The van der Waals surface area contributed by atoms with Crippen molar-refractivity contribution in [1.82, 2.24) is 4.98 Å². The van der Waals surface area contributed by atoms with Crippen LogP contribution < -0.4 is 10.2 Å². The molecule has 2 heterocycles. The zero-order chi connectivity index (χ0) is 18.8. The molecular formula is C18H13ClN4O3S. The fourth-order valence-corrected chi connectivity index (χ4v) is 3.53. The number of ether oxygens (including phenoxy) is 1. The van der Waals surface area contributed by atoms with E-state index in [0.717, 1.165) is 11.3 Å². The molecule has 9 heteroatoms. The second-order valence-electron chi connectivity index (χ2n) is 5.72. The number of rotatable bonds is 4. The summed E-state index contributed by atoms with van der Waals surface area (Å²) in [5, 5.41) is 18.8. The Balaban J connectivity index is 1.57. The molecule has 1 aliphatic heterocycles. The van der Waals surface area contributed by atoms with E-state index in [1.54, 1.807) is 12.1 Å². The number of thiazole rings is 1. The molecule has 0 bridgehead atoms. The molecule has 1 aromatic heterocycles.